The number of anilines is 1. The summed E-state index contributed by atoms with van der Waals surface area (Å²) in [6, 6.07) is 10.1. The number of halogens is 1. The highest BCUT2D eigenvalue weighted by Gasteiger charge is 2.12. The van der Waals surface area contributed by atoms with Crippen molar-refractivity contribution >= 4 is 34.8 Å². The van der Waals surface area contributed by atoms with Crippen LogP contribution in [0.3, 0.4) is 0 Å². The standard InChI is InChI=1S/C15H20N4OS.ClH/c1-12-11-21-15(17-12)18-14(20)10-19(8-7-16)9-13-5-3-2-4-6-13;/h2-6,11H,7-10,16H2,1H3,(H,17,18,20);1H. The molecule has 0 saturated carbocycles. The SMILES string of the molecule is Cc1csc(NC(=O)CN(CCN)Cc2ccccc2)n1.Cl. The number of nitrogens with two attached hydrogens (primary N) is 1. The number of aromatic nitrogens is 1. The molecule has 0 aliphatic heterocycles. The van der Waals surface area contributed by atoms with Crippen molar-refractivity contribution in [3.05, 3.63) is 47.0 Å². The van der Waals surface area contributed by atoms with Crippen LogP contribution in [0.4, 0.5) is 5.13 Å². The highest BCUT2D eigenvalue weighted by Crippen LogP contribution is 2.14. The third-order valence-corrected chi connectivity index (χ3v) is 3.80. The monoisotopic (exact) mass is 340 g/mol. The molecular weight excluding hydrogens is 320 g/mol. The van der Waals surface area contributed by atoms with E-state index in [9.17, 15) is 4.79 Å². The lowest BCUT2D eigenvalue weighted by atomic mass is 10.2. The van der Waals surface area contributed by atoms with Gasteiger partial charge in [-0.05, 0) is 12.5 Å². The predicted octanol–water partition coefficient (Wildman–Crippen LogP) is 2.27. The van der Waals surface area contributed by atoms with Crippen molar-refractivity contribution in [2.24, 2.45) is 5.73 Å². The average Bonchev–Trinajstić information content (AvgIpc) is 2.85. The molecule has 120 valence electrons. The van der Waals surface area contributed by atoms with Gasteiger partial charge in [-0.2, -0.15) is 0 Å². The lowest BCUT2D eigenvalue weighted by Gasteiger charge is -2.20. The molecule has 0 radical (unpaired) electrons. The van der Waals surface area contributed by atoms with Crippen LogP contribution in [-0.4, -0.2) is 35.4 Å². The first-order valence-electron chi connectivity index (χ1n) is 6.85. The Bertz CT molecular complexity index is 576. The minimum atomic E-state index is -0.0614. The number of thiazole rings is 1. The van der Waals surface area contributed by atoms with Crippen molar-refractivity contribution in [3.8, 4) is 0 Å². The Labute approximate surface area is 141 Å². The number of carbonyl (C=O) groups excluding carboxylic acids is 1. The van der Waals surface area contributed by atoms with E-state index < -0.39 is 0 Å². The van der Waals surface area contributed by atoms with Gasteiger partial charge in [0.2, 0.25) is 5.91 Å². The average molecular weight is 341 g/mol. The molecule has 0 aliphatic carbocycles. The topological polar surface area (TPSA) is 71.2 Å². The van der Waals surface area contributed by atoms with E-state index in [0.29, 0.717) is 31.3 Å². The van der Waals surface area contributed by atoms with Crippen LogP contribution in [0.5, 0.6) is 0 Å². The first kappa shape index (κ1) is 18.6. The Hall–Kier alpha value is -1.47. The third kappa shape index (κ3) is 6.11. The number of carbonyl (C=O) groups is 1. The summed E-state index contributed by atoms with van der Waals surface area (Å²) in [6.45, 7) is 4.13. The zero-order valence-corrected chi connectivity index (χ0v) is 14.1. The van der Waals surface area contributed by atoms with Crippen molar-refractivity contribution in [1.82, 2.24) is 9.88 Å². The Balaban J connectivity index is 0.00000242. The molecule has 0 atom stereocenters. The Morgan fingerprint density at radius 1 is 1.36 bits per heavy atom. The number of nitrogens with one attached hydrogen (secondary N) is 1. The highest BCUT2D eigenvalue weighted by atomic mass is 35.5. The lowest BCUT2D eigenvalue weighted by Crippen LogP contribution is -2.36. The van der Waals surface area contributed by atoms with E-state index in [1.165, 1.54) is 16.9 Å². The van der Waals surface area contributed by atoms with Crippen LogP contribution in [0.25, 0.3) is 0 Å². The number of hydrogen-bond acceptors (Lipinski definition) is 5. The summed E-state index contributed by atoms with van der Waals surface area (Å²) in [6.07, 6.45) is 0. The van der Waals surface area contributed by atoms with Gasteiger partial charge in [0, 0.05) is 25.0 Å². The van der Waals surface area contributed by atoms with E-state index in [1.807, 2.05) is 47.5 Å². The van der Waals surface area contributed by atoms with Gasteiger partial charge in [0.25, 0.3) is 0 Å². The third-order valence-electron chi connectivity index (χ3n) is 2.93. The van der Waals surface area contributed by atoms with Crippen molar-refractivity contribution in [1.29, 1.82) is 0 Å². The van der Waals surface area contributed by atoms with Gasteiger partial charge < -0.3 is 11.1 Å². The molecule has 0 bridgehead atoms. The zero-order valence-electron chi connectivity index (χ0n) is 12.5. The molecule has 0 aliphatic rings. The predicted molar refractivity (Wildman–Crippen MR) is 93.5 cm³/mol. The van der Waals surface area contributed by atoms with E-state index in [0.717, 1.165) is 5.69 Å². The fourth-order valence-corrected chi connectivity index (χ4v) is 2.72. The van der Waals surface area contributed by atoms with E-state index in [1.54, 1.807) is 0 Å². The van der Waals surface area contributed by atoms with Crippen LogP contribution < -0.4 is 11.1 Å². The van der Waals surface area contributed by atoms with E-state index in [-0.39, 0.29) is 18.3 Å². The molecule has 1 heterocycles. The first-order chi connectivity index (χ1) is 10.2. The van der Waals surface area contributed by atoms with E-state index in [4.69, 9.17) is 5.73 Å². The smallest absolute Gasteiger partial charge is 0.240 e. The number of nitrogens with zero attached hydrogens (tertiary/aromatic N) is 2. The van der Waals surface area contributed by atoms with Gasteiger partial charge in [-0.1, -0.05) is 30.3 Å². The fourth-order valence-electron chi connectivity index (χ4n) is 2.01. The number of amides is 1. The minimum Gasteiger partial charge on any atom is -0.329 e. The van der Waals surface area contributed by atoms with Gasteiger partial charge in [0.05, 0.1) is 12.2 Å². The maximum absolute atomic E-state index is 12.1. The van der Waals surface area contributed by atoms with Gasteiger partial charge in [-0.25, -0.2) is 4.98 Å². The number of aryl methyl sites for hydroxylation is 1. The number of hydrogen-bond donors (Lipinski definition) is 2. The molecule has 5 nitrogen and oxygen atoms in total. The second-order valence-electron chi connectivity index (χ2n) is 4.83. The van der Waals surface area contributed by atoms with Crippen LogP contribution in [-0.2, 0) is 11.3 Å². The summed E-state index contributed by atoms with van der Waals surface area (Å²) in [4.78, 5) is 18.3. The zero-order chi connectivity index (χ0) is 15.1. The molecule has 0 spiro atoms. The quantitative estimate of drug-likeness (QED) is 0.811. The molecule has 0 unspecified atom stereocenters. The normalized spacial score (nSPS) is 10.3. The Morgan fingerprint density at radius 2 is 2.09 bits per heavy atom. The maximum atomic E-state index is 12.1. The van der Waals surface area contributed by atoms with Crippen molar-refractivity contribution in [2.45, 2.75) is 13.5 Å². The molecular formula is C15H21ClN4OS. The summed E-state index contributed by atoms with van der Waals surface area (Å²) in [5.41, 5.74) is 7.72. The highest BCUT2D eigenvalue weighted by molar-refractivity contribution is 7.13. The summed E-state index contributed by atoms with van der Waals surface area (Å²) < 4.78 is 0. The maximum Gasteiger partial charge on any atom is 0.240 e. The van der Waals surface area contributed by atoms with Gasteiger partial charge >= 0.3 is 0 Å². The molecule has 2 aromatic rings. The molecule has 22 heavy (non-hydrogen) atoms. The van der Waals surface area contributed by atoms with Crippen LogP contribution >= 0.6 is 23.7 Å². The van der Waals surface area contributed by atoms with Crippen molar-refractivity contribution in [2.75, 3.05) is 25.0 Å². The van der Waals surface area contributed by atoms with Crippen LogP contribution in [0.15, 0.2) is 35.7 Å². The molecule has 1 amide bonds. The van der Waals surface area contributed by atoms with Crippen molar-refractivity contribution < 1.29 is 4.79 Å². The second-order valence-corrected chi connectivity index (χ2v) is 5.69. The fraction of sp³-hybridized carbons (Fsp3) is 0.333. The van der Waals surface area contributed by atoms with Crippen LogP contribution in [0, 0.1) is 6.92 Å². The van der Waals surface area contributed by atoms with Gasteiger partial charge in [0.15, 0.2) is 5.13 Å². The molecule has 2 rings (SSSR count). The summed E-state index contributed by atoms with van der Waals surface area (Å²) in [5, 5.41) is 5.38. The second kappa shape index (κ2) is 9.53. The Kier molecular flexibility index (Phi) is 8.05. The molecule has 7 heteroatoms. The molecule has 1 aromatic heterocycles. The van der Waals surface area contributed by atoms with E-state index >= 15 is 0 Å². The van der Waals surface area contributed by atoms with Crippen molar-refractivity contribution in [3.63, 3.8) is 0 Å². The van der Waals surface area contributed by atoms with E-state index in [2.05, 4.69) is 10.3 Å². The summed E-state index contributed by atoms with van der Waals surface area (Å²) >= 11 is 1.44. The Morgan fingerprint density at radius 3 is 2.68 bits per heavy atom. The minimum absolute atomic E-state index is 0. The molecule has 0 fully saturated rings. The molecule has 3 N–H and O–H groups in total. The lowest BCUT2D eigenvalue weighted by molar-refractivity contribution is -0.117. The number of benzene rings is 1. The largest absolute Gasteiger partial charge is 0.329 e. The first-order valence-corrected chi connectivity index (χ1v) is 7.73. The summed E-state index contributed by atoms with van der Waals surface area (Å²) in [5.74, 6) is -0.0614. The number of rotatable bonds is 7. The van der Waals surface area contributed by atoms with Gasteiger partial charge in [-0.15, -0.1) is 23.7 Å². The molecule has 0 saturated heterocycles. The van der Waals surface area contributed by atoms with Crippen LogP contribution in [0.1, 0.15) is 11.3 Å². The molecule has 1 aromatic carbocycles. The van der Waals surface area contributed by atoms with Gasteiger partial charge in [0.1, 0.15) is 0 Å². The van der Waals surface area contributed by atoms with Crippen LogP contribution in [0.2, 0.25) is 0 Å². The van der Waals surface area contributed by atoms with Gasteiger partial charge in [-0.3, -0.25) is 9.69 Å². The summed E-state index contributed by atoms with van der Waals surface area (Å²) in [7, 11) is 0.